The van der Waals surface area contributed by atoms with Gasteiger partial charge in [-0.15, -0.1) is 0 Å². The lowest BCUT2D eigenvalue weighted by atomic mass is 10.2. The van der Waals surface area contributed by atoms with Gasteiger partial charge in [-0.05, 0) is 13.3 Å². The Morgan fingerprint density at radius 2 is 2.50 bits per heavy atom. The van der Waals surface area contributed by atoms with Gasteiger partial charge in [0.1, 0.15) is 6.26 Å². The number of nitrogens with one attached hydrogen (secondary N) is 1. The summed E-state index contributed by atoms with van der Waals surface area (Å²) in [5.41, 5.74) is 6.33. The number of amides is 1. The van der Waals surface area contributed by atoms with Crippen LogP contribution in [-0.2, 0) is 4.79 Å². The average molecular weight is 197 g/mol. The molecule has 0 unspecified atom stereocenters. The molecule has 0 fully saturated rings. The number of oxazole rings is 1. The van der Waals surface area contributed by atoms with Crippen LogP contribution in [0.3, 0.4) is 0 Å². The highest BCUT2D eigenvalue weighted by molar-refractivity contribution is 5.92. The highest BCUT2D eigenvalue weighted by atomic mass is 16.4. The summed E-state index contributed by atoms with van der Waals surface area (Å²) in [6, 6.07) is -0.286. The van der Waals surface area contributed by atoms with Crippen molar-refractivity contribution in [3.8, 4) is 0 Å². The number of nitrogens with two attached hydrogens (primary N) is 1. The van der Waals surface area contributed by atoms with Crippen molar-refractivity contribution in [1.29, 1.82) is 0 Å². The Balaban J connectivity index is 2.48. The molecule has 1 atom stereocenters. The van der Waals surface area contributed by atoms with E-state index in [0.29, 0.717) is 6.42 Å². The first-order chi connectivity index (χ1) is 6.63. The summed E-state index contributed by atoms with van der Waals surface area (Å²) in [6.45, 7) is 3.76. The van der Waals surface area contributed by atoms with Gasteiger partial charge in [-0.3, -0.25) is 10.1 Å². The first kappa shape index (κ1) is 10.7. The summed E-state index contributed by atoms with van der Waals surface area (Å²) in [5, 5.41) is 2.51. The van der Waals surface area contributed by atoms with Gasteiger partial charge in [0.25, 0.3) is 0 Å². The molecule has 0 saturated heterocycles. The highest BCUT2D eigenvalue weighted by Gasteiger charge is 2.14. The molecular weight excluding hydrogens is 182 g/mol. The van der Waals surface area contributed by atoms with Crippen molar-refractivity contribution in [2.75, 3.05) is 5.32 Å². The van der Waals surface area contributed by atoms with E-state index < -0.39 is 6.04 Å². The topological polar surface area (TPSA) is 81.2 Å². The van der Waals surface area contributed by atoms with Crippen molar-refractivity contribution in [2.24, 2.45) is 5.73 Å². The first-order valence-electron chi connectivity index (χ1n) is 4.62. The molecule has 1 aromatic heterocycles. The number of aryl methyl sites for hydroxylation is 1. The lowest BCUT2D eigenvalue weighted by Crippen LogP contribution is -2.35. The number of anilines is 1. The van der Waals surface area contributed by atoms with Crippen molar-refractivity contribution in [3.63, 3.8) is 0 Å². The zero-order valence-corrected chi connectivity index (χ0v) is 8.41. The normalized spacial score (nSPS) is 12.5. The minimum atomic E-state index is -0.493. The van der Waals surface area contributed by atoms with Crippen LogP contribution in [0.1, 0.15) is 25.5 Å². The number of carbonyl (C=O) groups excluding carboxylic acids is 1. The molecule has 0 spiro atoms. The van der Waals surface area contributed by atoms with E-state index in [1.807, 2.05) is 6.92 Å². The fraction of sp³-hybridized carbons (Fsp3) is 0.556. The molecule has 1 heterocycles. The molecule has 3 N–H and O–H groups in total. The van der Waals surface area contributed by atoms with Gasteiger partial charge in [-0.2, -0.15) is 4.98 Å². The highest BCUT2D eigenvalue weighted by Crippen LogP contribution is 2.06. The van der Waals surface area contributed by atoms with Gasteiger partial charge in [0.05, 0.1) is 11.7 Å². The zero-order valence-electron chi connectivity index (χ0n) is 8.41. The molecular formula is C9H15N3O2. The molecule has 0 aliphatic heterocycles. The lowest BCUT2D eigenvalue weighted by molar-refractivity contribution is -0.117. The summed E-state index contributed by atoms with van der Waals surface area (Å²) in [6.07, 6.45) is 3.01. The van der Waals surface area contributed by atoms with Crippen molar-refractivity contribution in [2.45, 2.75) is 32.7 Å². The molecule has 1 rings (SSSR count). The Morgan fingerprint density at radius 3 is 3.00 bits per heavy atom. The predicted octanol–water partition coefficient (Wildman–Crippen LogP) is 1.05. The van der Waals surface area contributed by atoms with Crippen LogP contribution in [0.25, 0.3) is 0 Å². The second-order valence-corrected chi connectivity index (χ2v) is 3.18. The number of carbonyl (C=O) groups is 1. The zero-order chi connectivity index (χ0) is 10.6. The Labute approximate surface area is 82.7 Å². The maximum atomic E-state index is 11.4. The van der Waals surface area contributed by atoms with Gasteiger partial charge in [-0.25, -0.2) is 0 Å². The lowest BCUT2D eigenvalue weighted by Gasteiger charge is -2.07. The molecule has 0 aliphatic rings. The van der Waals surface area contributed by atoms with E-state index in [-0.39, 0.29) is 11.9 Å². The maximum absolute atomic E-state index is 11.4. The monoisotopic (exact) mass is 197 g/mol. The molecule has 0 bridgehead atoms. The fourth-order valence-corrected chi connectivity index (χ4v) is 1.05. The third-order valence-corrected chi connectivity index (χ3v) is 1.79. The number of rotatable bonds is 4. The number of hydrogen-bond donors (Lipinski definition) is 2. The van der Waals surface area contributed by atoms with E-state index in [0.717, 1.165) is 12.1 Å². The quantitative estimate of drug-likeness (QED) is 0.755. The Kier molecular flexibility index (Phi) is 3.64. The van der Waals surface area contributed by atoms with Gasteiger partial charge in [0, 0.05) is 0 Å². The first-order valence-corrected chi connectivity index (χ1v) is 4.62. The minimum absolute atomic E-state index is 0.207. The van der Waals surface area contributed by atoms with Crippen LogP contribution in [0, 0.1) is 6.92 Å². The van der Waals surface area contributed by atoms with E-state index in [9.17, 15) is 4.79 Å². The van der Waals surface area contributed by atoms with Crippen LogP contribution in [0.2, 0.25) is 0 Å². The van der Waals surface area contributed by atoms with E-state index in [1.165, 1.54) is 6.26 Å². The fourth-order valence-electron chi connectivity index (χ4n) is 1.05. The number of nitrogens with zero attached hydrogens (tertiary/aromatic N) is 1. The second-order valence-electron chi connectivity index (χ2n) is 3.18. The van der Waals surface area contributed by atoms with Crippen molar-refractivity contribution in [1.82, 2.24) is 4.98 Å². The molecule has 0 aromatic carbocycles. The van der Waals surface area contributed by atoms with Crippen LogP contribution in [-0.4, -0.2) is 16.9 Å². The SMILES string of the molecule is CCC[C@@H](N)C(=O)Nc1nc(C)co1. The van der Waals surface area contributed by atoms with Gasteiger partial charge in [0.2, 0.25) is 5.91 Å². The van der Waals surface area contributed by atoms with Crippen molar-refractivity contribution < 1.29 is 9.21 Å². The second kappa shape index (κ2) is 4.76. The standard InChI is InChI=1S/C9H15N3O2/c1-3-4-7(10)8(13)12-9-11-6(2)5-14-9/h5,7H,3-4,10H2,1-2H3,(H,11,12,13)/t7-/m1/s1. The summed E-state index contributed by atoms with van der Waals surface area (Å²) in [7, 11) is 0. The van der Waals surface area contributed by atoms with Crippen LogP contribution in [0.4, 0.5) is 6.01 Å². The summed E-state index contributed by atoms with van der Waals surface area (Å²) in [5.74, 6) is -0.256. The summed E-state index contributed by atoms with van der Waals surface area (Å²) in [4.78, 5) is 15.3. The number of hydrogen-bond acceptors (Lipinski definition) is 4. The van der Waals surface area contributed by atoms with E-state index in [1.54, 1.807) is 6.92 Å². The molecule has 0 aliphatic carbocycles. The van der Waals surface area contributed by atoms with Crippen LogP contribution >= 0.6 is 0 Å². The van der Waals surface area contributed by atoms with Gasteiger partial charge >= 0.3 is 6.01 Å². The van der Waals surface area contributed by atoms with Crippen LogP contribution in [0.5, 0.6) is 0 Å². The van der Waals surface area contributed by atoms with Gasteiger partial charge in [-0.1, -0.05) is 13.3 Å². The molecule has 14 heavy (non-hydrogen) atoms. The third-order valence-electron chi connectivity index (χ3n) is 1.79. The predicted molar refractivity (Wildman–Crippen MR) is 52.8 cm³/mol. The van der Waals surface area contributed by atoms with Crippen molar-refractivity contribution >= 4 is 11.9 Å². The maximum Gasteiger partial charge on any atom is 0.301 e. The Bertz CT molecular complexity index is 309. The molecule has 78 valence electrons. The summed E-state index contributed by atoms with van der Waals surface area (Å²) >= 11 is 0. The van der Waals surface area contributed by atoms with E-state index in [2.05, 4.69) is 10.3 Å². The molecule has 0 radical (unpaired) electrons. The Hall–Kier alpha value is -1.36. The van der Waals surface area contributed by atoms with E-state index >= 15 is 0 Å². The average Bonchev–Trinajstić information content (AvgIpc) is 2.51. The molecule has 0 saturated carbocycles. The molecule has 5 nitrogen and oxygen atoms in total. The largest absolute Gasteiger partial charge is 0.432 e. The van der Waals surface area contributed by atoms with Gasteiger partial charge in [0.15, 0.2) is 0 Å². The van der Waals surface area contributed by atoms with E-state index in [4.69, 9.17) is 10.2 Å². The Morgan fingerprint density at radius 1 is 1.79 bits per heavy atom. The van der Waals surface area contributed by atoms with Crippen LogP contribution < -0.4 is 11.1 Å². The molecule has 5 heteroatoms. The number of aromatic nitrogens is 1. The smallest absolute Gasteiger partial charge is 0.301 e. The van der Waals surface area contributed by atoms with Crippen molar-refractivity contribution in [3.05, 3.63) is 12.0 Å². The van der Waals surface area contributed by atoms with Gasteiger partial charge < -0.3 is 10.2 Å². The minimum Gasteiger partial charge on any atom is -0.432 e. The molecule has 1 aromatic rings. The summed E-state index contributed by atoms with van der Waals surface area (Å²) < 4.78 is 4.96. The van der Waals surface area contributed by atoms with Crippen LogP contribution in [0.15, 0.2) is 10.7 Å². The third kappa shape index (κ3) is 2.85. The molecule has 1 amide bonds.